The largest absolute Gasteiger partial charge is 0.316 e. The SMILES string of the molecule is CCCn1c(=O)c(=O)n(CCC)c2cc(C#N)c(C#N)cc21. The first-order chi connectivity index (χ1) is 10.6. The van der Waals surface area contributed by atoms with Crippen LogP contribution in [0.3, 0.4) is 0 Å². The first-order valence-electron chi connectivity index (χ1n) is 7.20. The van der Waals surface area contributed by atoms with Crippen molar-refractivity contribution in [2.24, 2.45) is 0 Å². The van der Waals surface area contributed by atoms with Crippen LogP contribution in [0.2, 0.25) is 0 Å². The van der Waals surface area contributed by atoms with Crippen molar-refractivity contribution < 1.29 is 0 Å². The molecule has 0 fully saturated rings. The number of rotatable bonds is 4. The summed E-state index contributed by atoms with van der Waals surface area (Å²) >= 11 is 0. The van der Waals surface area contributed by atoms with Crippen LogP contribution in [0.25, 0.3) is 11.0 Å². The topological polar surface area (TPSA) is 91.6 Å². The first kappa shape index (κ1) is 15.5. The van der Waals surface area contributed by atoms with E-state index in [9.17, 15) is 9.59 Å². The van der Waals surface area contributed by atoms with Crippen molar-refractivity contribution in [2.45, 2.75) is 39.8 Å². The summed E-state index contributed by atoms with van der Waals surface area (Å²) in [5.74, 6) is 0. The molecule has 0 N–H and O–H groups in total. The van der Waals surface area contributed by atoms with Gasteiger partial charge < -0.3 is 9.13 Å². The molecule has 1 aromatic carbocycles. The Bertz CT molecular complexity index is 846. The highest BCUT2D eigenvalue weighted by Crippen LogP contribution is 2.18. The van der Waals surface area contributed by atoms with Gasteiger partial charge in [0, 0.05) is 13.1 Å². The average molecular weight is 296 g/mol. The van der Waals surface area contributed by atoms with Gasteiger partial charge in [0.2, 0.25) is 0 Å². The second-order valence-electron chi connectivity index (χ2n) is 5.02. The van der Waals surface area contributed by atoms with Gasteiger partial charge in [-0.25, -0.2) is 0 Å². The van der Waals surface area contributed by atoms with Gasteiger partial charge in [-0.05, 0) is 25.0 Å². The summed E-state index contributed by atoms with van der Waals surface area (Å²) in [4.78, 5) is 24.6. The molecule has 0 unspecified atom stereocenters. The first-order valence-corrected chi connectivity index (χ1v) is 7.20. The van der Waals surface area contributed by atoms with Gasteiger partial charge in [-0.1, -0.05) is 13.8 Å². The predicted octanol–water partition coefficient (Wildman–Crippen LogP) is 1.73. The number of nitrogens with zero attached hydrogens (tertiary/aromatic N) is 4. The molecule has 0 bridgehead atoms. The molecule has 6 heteroatoms. The van der Waals surface area contributed by atoms with Crippen LogP contribution in [-0.4, -0.2) is 9.13 Å². The van der Waals surface area contributed by atoms with E-state index < -0.39 is 11.1 Å². The molecule has 0 saturated heterocycles. The zero-order valence-electron chi connectivity index (χ0n) is 12.6. The van der Waals surface area contributed by atoms with Crippen molar-refractivity contribution >= 4 is 11.0 Å². The molecule has 0 aliphatic carbocycles. The molecule has 0 aliphatic rings. The number of aromatic nitrogens is 2. The quantitative estimate of drug-likeness (QED) is 0.803. The second-order valence-corrected chi connectivity index (χ2v) is 5.02. The standard InChI is InChI=1S/C16H16N4O2/c1-3-5-19-13-7-11(9-17)12(10-18)8-14(13)20(6-4-2)16(22)15(19)21/h7-8H,3-6H2,1-2H3. The summed E-state index contributed by atoms with van der Waals surface area (Å²) in [7, 11) is 0. The summed E-state index contributed by atoms with van der Waals surface area (Å²) in [6, 6.07) is 6.99. The van der Waals surface area contributed by atoms with E-state index in [4.69, 9.17) is 10.5 Å². The van der Waals surface area contributed by atoms with Gasteiger partial charge in [-0.15, -0.1) is 0 Å². The number of nitriles is 2. The lowest BCUT2D eigenvalue weighted by atomic mass is 10.1. The number of benzene rings is 1. The average Bonchev–Trinajstić information content (AvgIpc) is 2.54. The molecule has 0 aliphatic heterocycles. The third kappa shape index (κ3) is 2.40. The zero-order valence-corrected chi connectivity index (χ0v) is 12.6. The molecule has 1 heterocycles. The smallest absolute Gasteiger partial charge is 0.302 e. The number of aryl methyl sites for hydroxylation is 2. The maximum absolute atomic E-state index is 12.3. The Morgan fingerprint density at radius 1 is 0.864 bits per heavy atom. The van der Waals surface area contributed by atoms with Crippen LogP contribution in [0, 0.1) is 22.7 Å². The van der Waals surface area contributed by atoms with Crippen LogP contribution in [0.4, 0.5) is 0 Å². The summed E-state index contributed by atoms with van der Waals surface area (Å²) < 4.78 is 2.79. The summed E-state index contributed by atoms with van der Waals surface area (Å²) in [5, 5.41) is 18.3. The van der Waals surface area contributed by atoms with E-state index in [1.54, 1.807) is 0 Å². The van der Waals surface area contributed by atoms with Gasteiger partial charge >= 0.3 is 11.1 Å². The van der Waals surface area contributed by atoms with Gasteiger partial charge in [0.05, 0.1) is 22.2 Å². The minimum Gasteiger partial charge on any atom is -0.302 e. The highest BCUT2D eigenvalue weighted by molar-refractivity contribution is 5.79. The minimum atomic E-state index is -0.587. The Morgan fingerprint density at radius 3 is 1.50 bits per heavy atom. The Labute approximate surface area is 127 Å². The molecule has 0 atom stereocenters. The fourth-order valence-electron chi connectivity index (χ4n) is 2.54. The van der Waals surface area contributed by atoms with Crippen molar-refractivity contribution in [1.29, 1.82) is 10.5 Å². The van der Waals surface area contributed by atoms with E-state index in [1.165, 1.54) is 21.3 Å². The van der Waals surface area contributed by atoms with E-state index in [0.29, 0.717) is 37.0 Å². The molecular formula is C16H16N4O2. The van der Waals surface area contributed by atoms with Crippen LogP contribution < -0.4 is 11.1 Å². The van der Waals surface area contributed by atoms with Crippen LogP contribution in [0.15, 0.2) is 21.7 Å². The van der Waals surface area contributed by atoms with Crippen molar-refractivity contribution in [1.82, 2.24) is 9.13 Å². The maximum atomic E-state index is 12.3. The Hall–Kier alpha value is -2.86. The summed E-state index contributed by atoms with van der Waals surface area (Å²) in [6.45, 7) is 4.61. The van der Waals surface area contributed by atoms with Gasteiger partial charge in [0.25, 0.3) is 0 Å². The highest BCUT2D eigenvalue weighted by Gasteiger charge is 2.15. The highest BCUT2D eigenvalue weighted by atomic mass is 16.2. The molecule has 6 nitrogen and oxygen atoms in total. The van der Waals surface area contributed by atoms with Crippen LogP contribution in [0.5, 0.6) is 0 Å². The predicted molar refractivity (Wildman–Crippen MR) is 82.5 cm³/mol. The summed E-state index contributed by atoms with van der Waals surface area (Å²) in [6.07, 6.45) is 1.38. The molecule has 0 radical (unpaired) electrons. The summed E-state index contributed by atoms with van der Waals surface area (Å²) in [5.41, 5.74) is 0.292. The number of fused-ring (bicyclic) bond motifs is 1. The van der Waals surface area contributed by atoms with E-state index in [2.05, 4.69) is 0 Å². The van der Waals surface area contributed by atoms with Crippen molar-refractivity contribution in [3.8, 4) is 12.1 Å². The monoisotopic (exact) mass is 296 g/mol. The van der Waals surface area contributed by atoms with Crippen molar-refractivity contribution in [3.63, 3.8) is 0 Å². The van der Waals surface area contributed by atoms with Crippen molar-refractivity contribution in [3.05, 3.63) is 44.0 Å². The van der Waals surface area contributed by atoms with Crippen LogP contribution >= 0.6 is 0 Å². The molecule has 112 valence electrons. The molecule has 2 rings (SSSR count). The van der Waals surface area contributed by atoms with Gasteiger partial charge in [0.1, 0.15) is 12.1 Å². The Morgan fingerprint density at radius 2 is 1.23 bits per heavy atom. The van der Waals surface area contributed by atoms with Gasteiger partial charge in [0.15, 0.2) is 0 Å². The van der Waals surface area contributed by atoms with E-state index in [1.807, 2.05) is 26.0 Å². The minimum absolute atomic E-state index is 0.209. The Kier molecular flexibility index (Phi) is 4.43. The van der Waals surface area contributed by atoms with Crippen LogP contribution in [-0.2, 0) is 13.1 Å². The lowest BCUT2D eigenvalue weighted by molar-refractivity contribution is 0.620. The molecular weight excluding hydrogens is 280 g/mol. The maximum Gasteiger partial charge on any atom is 0.316 e. The van der Waals surface area contributed by atoms with Gasteiger partial charge in [-0.3, -0.25) is 9.59 Å². The molecule has 22 heavy (non-hydrogen) atoms. The molecule has 2 aromatic rings. The molecule has 0 amide bonds. The Balaban J connectivity index is 3.04. The van der Waals surface area contributed by atoms with E-state index >= 15 is 0 Å². The fourth-order valence-corrected chi connectivity index (χ4v) is 2.54. The van der Waals surface area contributed by atoms with Crippen LogP contribution in [0.1, 0.15) is 37.8 Å². The lowest BCUT2D eigenvalue weighted by Gasteiger charge is -2.15. The molecule has 1 aromatic heterocycles. The molecule has 0 saturated carbocycles. The normalized spacial score (nSPS) is 10.4. The van der Waals surface area contributed by atoms with Crippen molar-refractivity contribution in [2.75, 3.05) is 0 Å². The van der Waals surface area contributed by atoms with E-state index in [-0.39, 0.29) is 11.1 Å². The molecule has 0 spiro atoms. The van der Waals surface area contributed by atoms with Gasteiger partial charge in [-0.2, -0.15) is 10.5 Å². The fraction of sp³-hybridized carbons (Fsp3) is 0.375. The zero-order chi connectivity index (χ0) is 16.3. The number of hydrogen-bond donors (Lipinski definition) is 0. The van der Waals surface area contributed by atoms with E-state index in [0.717, 1.165) is 0 Å². The third-order valence-corrected chi connectivity index (χ3v) is 3.50. The lowest BCUT2D eigenvalue weighted by Crippen LogP contribution is -2.41. The second kappa shape index (κ2) is 6.28. The third-order valence-electron chi connectivity index (χ3n) is 3.50. The number of hydrogen-bond acceptors (Lipinski definition) is 4.